The summed E-state index contributed by atoms with van der Waals surface area (Å²) in [5, 5.41) is 2.40. The lowest BCUT2D eigenvalue weighted by Crippen LogP contribution is -2.46. The number of halogens is 5. The fraction of sp³-hybridized carbons (Fsp3) is 0.484. The molecule has 0 saturated carbocycles. The van der Waals surface area contributed by atoms with Crippen LogP contribution in [0.2, 0.25) is 0 Å². The molecule has 4 rings (SSSR count). The molecule has 46 heavy (non-hydrogen) atoms. The van der Waals surface area contributed by atoms with E-state index in [1.165, 1.54) is 25.3 Å². The van der Waals surface area contributed by atoms with Gasteiger partial charge in [0.1, 0.15) is 34.8 Å². The molecule has 5 atom stereocenters. The Morgan fingerprint density at radius 1 is 1.17 bits per heavy atom. The number of aromatic nitrogens is 3. The first-order valence-electron chi connectivity index (χ1n) is 14.1. The maximum Gasteiger partial charge on any atom is 0.417 e. The number of fused-ring (bicyclic) bond motifs is 1. The second-order valence-electron chi connectivity index (χ2n) is 11.8. The highest BCUT2D eigenvalue weighted by Gasteiger charge is 2.65. The third kappa shape index (κ3) is 6.72. The summed E-state index contributed by atoms with van der Waals surface area (Å²) in [5.74, 6) is -0.881. The minimum Gasteiger partial charge on any atom is -0.493 e. The van der Waals surface area contributed by atoms with Gasteiger partial charge in [0.2, 0.25) is 5.82 Å². The number of hydrogen-bond acceptors (Lipinski definition) is 8. The van der Waals surface area contributed by atoms with Crippen LogP contribution >= 0.6 is 0 Å². The second kappa shape index (κ2) is 12.7. The zero-order valence-corrected chi connectivity index (χ0v) is 26.1. The number of carbonyl (C=O) groups excluding carboxylic acids is 2. The normalized spacial score (nSPS) is 22.1. The molecule has 3 aromatic rings. The highest BCUT2D eigenvalue weighted by atomic mass is 19.4. The number of nitrogens with zero attached hydrogens (tertiary/aromatic N) is 2. The van der Waals surface area contributed by atoms with E-state index in [0.717, 1.165) is 27.2 Å². The van der Waals surface area contributed by atoms with E-state index in [1.54, 1.807) is 20.8 Å². The Morgan fingerprint density at radius 3 is 2.48 bits per heavy atom. The van der Waals surface area contributed by atoms with Gasteiger partial charge in [-0.15, -0.1) is 0 Å². The van der Waals surface area contributed by atoms with Crippen LogP contribution in [-0.2, 0) is 19.0 Å². The Morgan fingerprint density at radius 2 is 1.87 bits per heavy atom. The van der Waals surface area contributed by atoms with Crippen molar-refractivity contribution in [3.05, 3.63) is 53.1 Å². The molecule has 0 aliphatic carbocycles. The minimum absolute atomic E-state index is 0.0307. The number of esters is 1. The van der Waals surface area contributed by atoms with Gasteiger partial charge in [0.05, 0.1) is 19.7 Å². The van der Waals surface area contributed by atoms with E-state index >= 15 is 0 Å². The van der Waals surface area contributed by atoms with E-state index in [2.05, 4.69) is 32.1 Å². The highest BCUT2D eigenvalue weighted by molar-refractivity contribution is 5.82. The van der Waals surface area contributed by atoms with E-state index in [9.17, 15) is 31.5 Å². The number of hydrogen-bond donors (Lipinski definition) is 2. The molecule has 1 aliphatic heterocycles. The van der Waals surface area contributed by atoms with Crippen molar-refractivity contribution in [3.63, 3.8) is 0 Å². The maximum absolute atomic E-state index is 14.7. The summed E-state index contributed by atoms with van der Waals surface area (Å²) in [6.45, 7) is 7.16. The molecule has 1 saturated heterocycles. The van der Waals surface area contributed by atoms with E-state index < -0.39 is 70.8 Å². The van der Waals surface area contributed by atoms with Crippen molar-refractivity contribution >= 4 is 23.1 Å². The van der Waals surface area contributed by atoms with E-state index in [0.29, 0.717) is 5.52 Å². The van der Waals surface area contributed by atoms with Crippen LogP contribution < -0.4 is 10.1 Å². The number of pyridine rings is 1. The number of H-pyrrole nitrogens is 1. The standard InChI is InChI=1S/C31H33F5N4O6/c1-15-21(16-11-12-17(32)22(33)24(16)43-6)25(45-30(15,5)31(34,35)36)26-38-19-13-14-37-18(23(19)40-26)9-8-10-20(27(41)44-7)39-28(42)46-29(2,3)4/h11-15,20-21,25H,10H2,1-7H3,(H,38,40)(H,39,42)/t15-,20+,21-,25+,30+/m0/s1. The first kappa shape index (κ1) is 34.4. The number of amides is 1. The van der Waals surface area contributed by atoms with Crippen LogP contribution in [0.3, 0.4) is 0 Å². The van der Waals surface area contributed by atoms with Gasteiger partial charge >= 0.3 is 18.2 Å². The van der Waals surface area contributed by atoms with Crippen LogP contribution in [0.15, 0.2) is 24.4 Å². The number of benzene rings is 1. The first-order chi connectivity index (χ1) is 21.4. The molecule has 2 aromatic heterocycles. The third-order valence-corrected chi connectivity index (χ3v) is 7.69. The van der Waals surface area contributed by atoms with Gasteiger partial charge in [-0.25, -0.2) is 23.9 Å². The Hall–Kier alpha value is -4.45. The molecule has 0 unspecified atom stereocenters. The number of alkyl halides is 3. The molecule has 2 N–H and O–H groups in total. The van der Waals surface area contributed by atoms with Crippen LogP contribution in [0.5, 0.6) is 5.75 Å². The van der Waals surface area contributed by atoms with Crippen molar-refractivity contribution in [2.45, 2.75) is 76.5 Å². The Bertz CT molecular complexity index is 1690. The summed E-state index contributed by atoms with van der Waals surface area (Å²) in [4.78, 5) is 36.1. The number of rotatable bonds is 6. The summed E-state index contributed by atoms with van der Waals surface area (Å²) in [6, 6.07) is 2.32. The van der Waals surface area contributed by atoms with Crippen molar-refractivity contribution < 1.29 is 50.5 Å². The quantitative estimate of drug-likeness (QED) is 0.193. The number of ether oxygens (including phenoxy) is 4. The Labute approximate surface area is 261 Å². The second-order valence-corrected chi connectivity index (χ2v) is 11.8. The lowest BCUT2D eigenvalue weighted by atomic mass is 9.77. The molecule has 248 valence electrons. The average Bonchev–Trinajstić information content (AvgIpc) is 3.52. The van der Waals surface area contributed by atoms with Crippen LogP contribution in [0.4, 0.5) is 26.7 Å². The zero-order chi connectivity index (χ0) is 34.2. The molecule has 0 bridgehead atoms. The number of nitrogens with one attached hydrogen (secondary N) is 2. The van der Waals surface area contributed by atoms with Crippen molar-refractivity contribution in [1.29, 1.82) is 0 Å². The molecule has 1 amide bonds. The van der Waals surface area contributed by atoms with Crippen molar-refractivity contribution in [3.8, 4) is 17.6 Å². The average molecular weight is 653 g/mol. The van der Waals surface area contributed by atoms with Gasteiger partial charge in [-0.1, -0.05) is 18.9 Å². The number of carbonyl (C=O) groups is 2. The Balaban J connectivity index is 1.73. The minimum atomic E-state index is -4.83. The van der Waals surface area contributed by atoms with Gasteiger partial charge in [-0.3, -0.25) is 0 Å². The number of aromatic amines is 1. The van der Waals surface area contributed by atoms with Crippen LogP contribution in [0, 0.1) is 29.4 Å². The number of imidazole rings is 1. The van der Waals surface area contributed by atoms with Crippen LogP contribution in [0.1, 0.15) is 70.1 Å². The molecule has 1 aliphatic rings. The van der Waals surface area contributed by atoms with Crippen molar-refractivity contribution in [2.24, 2.45) is 5.92 Å². The smallest absolute Gasteiger partial charge is 0.417 e. The SMILES string of the molecule is COC(=O)[C@@H](CC#Cc1nccc2[nH]c([C@@H]3O[C@@](C)(C(F)(F)F)[C@@H](C)[C@H]3c3ccc(F)c(F)c3OC)nc12)NC(=O)OC(C)(C)C. The summed E-state index contributed by atoms with van der Waals surface area (Å²) in [5.41, 5.74) is -2.92. The van der Waals surface area contributed by atoms with Gasteiger partial charge in [-0.2, -0.15) is 17.6 Å². The van der Waals surface area contributed by atoms with Gasteiger partial charge in [-0.05, 0) is 45.7 Å². The highest BCUT2D eigenvalue weighted by Crippen LogP contribution is 2.59. The molecule has 15 heteroatoms. The summed E-state index contributed by atoms with van der Waals surface area (Å²) in [7, 11) is 2.23. The zero-order valence-electron chi connectivity index (χ0n) is 26.1. The van der Waals surface area contributed by atoms with Crippen molar-refractivity contribution in [1.82, 2.24) is 20.3 Å². The third-order valence-electron chi connectivity index (χ3n) is 7.69. The number of methoxy groups -OCH3 is 2. The first-order valence-corrected chi connectivity index (χ1v) is 14.1. The van der Waals surface area contributed by atoms with Gasteiger partial charge < -0.3 is 29.2 Å². The summed E-state index contributed by atoms with van der Waals surface area (Å²) >= 11 is 0. The van der Waals surface area contributed by atoms with Gasteiger partial charge in [0.15, 0.2) is 17.2 Å². The topological polar surface area (TPSA) is 125 Å². The largest absolute Gasteiger partial charge is 0.493 e. The van der Waals surface area contributed by atoms with Gasteiger partial charge in [0.25, 0.3) is 0 Å². The molecule has 0 spiro atoms. The molecular weight excluding hydrogens is 619 g/mol. The molecule has 0 radical (unpaired) electrons. The van der Waals surface area contributed by atoms with Crippen molar-refractivity contribution in [2.75, 3.05) is 14.2 Å². The molecule has 1 aromatic carbocycles. The summed E-state index contributed by atoms with van der Waals surface area (Å²) in [6.07, 6.45) is -5.91. The molecule has 10 nitrogen and oxygen atoms in total. The molecule has 1 fully saturated rings. The van der Waals surface area contributed by atoms with Crippen LogP contribution in [0.25, 0.3) is 11.0 Å². The lowest BCUT2D eigenvalue weighted by molar-refractivity contribution is -0.275. The maximum atomic E-state index is 14.7. The fourth-order valence-corrected chi connectivity index (χ4v) is 5.25. The Kier molecular flexibility index (Phi) is 9.54. The molecule has 3 heterocycles. The predicted molar refractivity (Wildman–Crippen MR) is 154 cm³/mol. The van der Waals surface area contributed by atoms with E-state index in [4.69, 9.17) is 18.9 Å². The van der Waals surface area contributed by atoms with Crippen LogP contribution in [-0.4, -0.2) is 64.7 Å². The lowest BCUT2D eigenvalue weighted by Gasteiger charge is -2.32. The van der Waals surface area contributed by atoms with Gasteiger partial charge in [0, 0.05) is 30.0 Å². The summed E-state index contributed by atoms with van der Waals surface area (Å²) < 4.78 is 92.7. The predicted octanol–water partition coefficient (Wildman–Crippen LogP) is 5.86. The van der Waals surface area contributed by atoms with E-state index in [-0.39, 0.29) is 29.0 Å². The van der Waals surface area contributed by atoms with E-state index in [1.807, 2.05) is 0 Å². The number of alkyl carbamates (subject to hydrolysis) is 1. The fourth-order valence-electron chi connectivity index (χ4n) is 5.25. The molecular formula is C31H33F5N4O6. The monoisotopic (exact) mass is 652 g/mol.